The zero-order chi connectivity index (χ0) is 23.5. The molecule has 0 saturated heterocycles. The third-order valence-corrected chi connectivity index (χ3v) is 6.58. The molecule has 164 valence electrons. The predicted molar refractivity (Wildman–Crippen MR) is 151 cm³/mol. The van der Waals surface area contributed by atoms with Gasteiger partial charge in [0.1, 0.15) is 0 Å². The molecule has 5 rings (SSSR count). The molecule has 0 aliphatic carbocycles. The van der Waals surface area contributed by atoms with Crippen molar-refractivity contribution in [1.82, 2.24) is 0 Å². The summed E-state index contributed by atoms with van der Waals surface area (Å²) in [5.74, 6) is 0. The van der Waals surface area contributed by atoms with E-state index in [1.54, 1.807) is 0 Å². The Morgan fingerprint density at radius 2 is 1.18 bits per heavy atom. The van der Waals surface area contributed by atoms with Crippen molar-refractivity contribution in [3.05, 3.63) is 145 Å². The molecule has 34 heavy (non-hydrogen) atoms. The number of para-hydroxylation sites is 1. The Bertz CT molecular complexity index is 1470. The quantitative estimate of drug-likeness (QED) is 0.209. The summed E-state index contributed by atoms with van der Waals surface area (Å²) in [5, 5.41) is 2.33. The molecule has 0 N–H and O–H groups in total. The van der Waals surface area contributed by atoms with Gasteiger partial charge in [0.15, 0.2) is 0 Å². The van der Waals surface area contributed by atoms with Crippen molar-refractivity contribution < 1.29 is 0 Å². The summed E-state index contributed by atoms with van der Waals surface area (Å²) in [6.07, 6.45) is 1.82. The van der Waals surface area contributed by atoms with E-state index >= 15 is 0 Å². The summed E-state index contributed by atoms with van der Waals surface area (Å²) in [6.45, 7) is 8.12. The smallest absolute Gasteiger partial charge is 0.0540 e. The van der Waals surface area contributed by atoms with Gasteiger partial charge in [-0.15, -0.1) is 0 Å². The van der Waals surface area contributed by atoms with E-state index in [9.17, 15) is 0 Å². The van der Waals surface area contributed by atoms with Gasteiger partial charge in [-0.3, -0.25) is 0 Å². The predicted octanol–water partition coefficient (Wildman–Crippen LogP) is 9.94. The summed E-state index contributed by atoms with van der Waals surface area (Å²) in [4.78, 5) is 2.31. The highest BCUT2D eigenvalue weighted by molar-refractivity contribution is 9.10. The summed E-state index contributed by atoms with van der Waals surface area (Å²) in [6, 6.07) is 40.5. The average molecular weight is 502 g/mol. The van der Waals surface area contributed by atoms with Crippen molar-refractivity contribution in [3.63, 3.8) is 0 Å². The fraction of sp³-hybridized carbons (Fsp3) is 0. The third-order valence-electron chi connectivity index (χ3n) is 6.05. The fourth-order valence-electron chi connectivity index (χ4n) is 4.32. The highest BCUT2D eigenvalue weighted by Crippen LogP contribution is 2.41. The van der Waals surface area contributed by atoms with Crippen LogP contribution in [-0.4, -0.2) is 0 Å². The van der Waals surface area contributed by atoms with Crippen LogP contribution >= 0.6 is 15.9 Å². The lowest BCUT2D eigenvalue weighted by atomic mass is 9.97. The lowest BCUT2D eigenvalue weighted by Gasteiger charge is -2.27. The maximum absolute atomic E-state index is 4.19. The maximum atomic E-state index is 4.19. The summed E-state index contributed by atoms with van der Waals surface area (Å²) < 4.78 is 1.08. The average Bonchev–Trinajstić information content (AvgIpc) is 2.90. The van der Waals surface area contributed by atoms with Crippen LogP contribution in [0.25, 0.3) is 27.5 Å². The molecule has 1 nitrogen and oxygen atoms in total. The van der Waals surface area contributed by atoms with E-state index in [1.165, 1.54) is 16.5 Å². The van der Waals surface area contributed by atoms with Gasteiger partial charge in [-0.25, -0.2) is 0 Å². The van der Waals surface area contributed by atoms with Crippen molar-refractivity contribution in [2.45, 2.75) is 0 Å². The van der Waals surface area contributed by atoms with Gasteiger partial charge in [0, 0.05) is 21.2 Å². The minimum absolute atomic E-state index is 0.924. The summed E-state index contributed by atoms with van der Waals surface area (Å²) in [5.41, 5.74) is 7.75. The number of rotatable bonds is 6. The molecule has 5 aromatic carbocycles. The van der Waals surface area contributed by atoms with Crippen LogP contribution in [0.15, 0.2) is 139 Å². The normalized spacial score (nSPS) is 10.7. The standard InChI is InChI=1S/C32H24BrN/c1-3-23(2)29-21-22-32(31-12-8-7-11-30(29)31)34(27-9-5-4-6-10-27)28-19-15-25(16-20-28)24-13-17-26(33)18-14-24/h3-22H,1-2H2. The molecular weight excluding hydrogens is 478 g/mol. The second-order valence-electron chi connectivity index (χ2n) is 8.13. The van der Waals surface area contributed by atoms with Crippen LogP contribution in [0, 0.1) is 0 Å². The van der Waals surface area contributed by atoms with E-state index in [4.69, 9.17) is 0 Å². The molecule has 0 aliphatic rings. The number of hydrogen-bond acceptors (Lipinski definition) is 1. The van der Waals surface area contributed by atoms with Crippen molar-refractivity contribution >= 4 is 49.3 Å². The Kier molecular flexibility index (Phi) is 6.16. The fourth-order valence-corrected chi connectivity index (χ4v) is 4.58. The van der Waals surface area contributed by atoms with Crippen molar-refractivity contribution in [2.75, 3.05) is 4.90 Å². The minimum Gasteiger partial charge on any atom is -0.310 e. The van der Waals surface area contributed by atoms with E-state index in [-0.39, 0.29) is 0 Å². The molecule has 2 heteroatoms. The second-order valence-corrected chi connectivity index (χ2v) is 9.05. The molecule has 0 unspecified atom stereocenters. The number of allylic oxidation sites excluding steroid dienone is 2. The number of halogens is 1. The van der Waals surface area contributed by atoms with E-state index in [2.05, 4.69) is 143 Å². The first-order valence-electron chi connectivity index (χ1n) is 11.2. The van der Waals surface area contributed by atoms with Crippen LogP contribution in [-0.2, 0) is 0 Å². The molecule has 0 radical (unpaired) electrons. The Hall–Kier alpha value is -3.88. The molecule has 0 spiro atoms. The number of hydrogen-bond donors (Lipinski definition) is 0. The summed E-state index contributed by atoms with van der Waals surface area (Å²) >= 11 is 3.52. The molecule has 0 heterocycles. The van der Waals surface area contributed by atoms with E-state index in [0.29, 0.717) is 0 Å². The van der Waals surface area contributed by atoms with Crippen molar-refractivity contribution in [3.8, 4) is 11.1 Å². The van der Waals surface area contributed by atoms with Gasteiger partial charge in [-0.05, 0) is 70.1 Å². The molecule has 0 aliphatic heterocycles. The first kappa shape index (κ1) is 21.9. The Morgan fingerprint density at radius 1 is 0.618 bits per heavy atom. The zero-order valence-electron chi connectivity index (χ0n) is 18.8. The molecular formula is C32H24BrN. The Labute approximate surface area is 209 Å². The third kappa shape index (κ3) is 4.21. The molecule has 0 saturated carbocycles. The second kappa shape index (κ2) is 9.54. The van der Waals surface area contributed by atoms with Gasteiger partial charge in [-0.1, -0.05) is 108 Å². The van der Waals surface area contributed by atoms with Crippen LogP contribution in [0.4, 0.5) is 17.1 Å². The van der Waals surface area contributed by atoms with Crippen molar-refractivity contribution in [2.24, 2.45) is 0 Å². The molecule has 5 aromatic rings. The largest absolute Gasteiger partial charge is 0.310 e. The van der Waals surface area contributed by atoms with Gasteiger partial charge < -0.3 is 4.90 Å². The highest BCUT2D eigenvalue weighted by atomic mass is 79.9. The van der Waals surface area contributed by atoms with Crippen LogP contribution in [0.2, 0.25) is 0 Å². The first-order valence-corrected chi connectivity index (χ1v) is 12.0. The molecule has 0 bridgehead atoms. The van der Waals surface area contributed by atoms with Gasteiger partial charge in [0.05, 0.1) is 5.69 Å². The number of anilines is 3. The summed E-state index contributed by atoms with van der Waals surface area (Å²) in [7, 11) is 0. The number of nitrogens with zero attached hydrogens (tertiary/aromatic N) is 1. The maximum Gasteiger partial charge on any atom is 0.0540 e. The van der Waals surface area contributed by atoms with Crippen LogP contribution in [0.3, 0.4) is 0 Å². The van der Waals surface area contributed by atoms with Gasteiger partial charge >= 0.3 is 0 Å². The first-order chi connectivity index (χ1) is 16.7. The molecule has 0 aromatic heterocycles. The zero-order valence-corrected chi connectivity index (χ0v) is 20.4. The molecule has 0 atom stereocenters. The molecule has 0 amide bonds. The van der Waals surface area contributed by atoms with E-state index in [0.717, 1.165) is 38.1 Å². The number of benzene rings is 5. The van der Waals surface area contributed by atoms with E-state index in [1.807, 2.05) is 12.1 Å². The lowest BCUT2D eigenvalue weighted by Crippen LogP contribution is -2.10. The Morgan fingerprint density at radius 3 is 1.82 bits per heavy atom. The molecule has 0 fully saturated rings. The van der Waals surface area contributed by atoms with Gasteiger partial charge in [-0.2, -0.15) is 0 Å². The van der Waals surface area contributed by atoms with Crippen LogP contribution in [0.5, 0.6) is 0 Å². The number of fused-ring (bicyclic) bond motifs is 1. The van der Waals surface area contributed by atoms with Crippen LogP contribution in [0.1, 0.15) is 5.56 Å². The highest BCUT2D eigenvalue weighted by Gasteiger charge is 2.17. The van der Waals surface area contributed by atoms with Gasteiger partial charge in [0.25, 0.3) is 0 Å². The van der Waals surface area contributed by atoms with E-state index < -0.39 is 0 Å². The lowest BCUT2D eigenvalue weighted by molar-refractivity contribution is 1.30. The van der Waals surface area contributed by atoms with Crippen LogP contribution < -0.4 is 4.90 Å². The minimum atomic E-state index is 0.924. The Balaban J connectivity index is 1.67. The topological polar surface area (TPSA) is 3.24 Å². The monoisotopic (exact) mass is 501 g/mol. The SMILES string of the molecule is C=CC(=C)c1ccc(N(c2ccccc2)c2ccc(-c3ccc(Br)cc3)cc2)c2ccccc12. The van der Waals surface area contributed by atoms with Gasteiger partial charge in [0.2, 0.25) is 0 Å². The van der Waals surface area contributed by atoms with Crippen molar-refractivity contribution in [1.29, 1.82) is 0 Å².